The molecule has 0 bridgehead atoms. The Balaban J connectivity index is 1.38. The van der Waals surface area contributed by atoms with E-state index >= 15 is 0 Å². The third-order valence-corrected chi connectivity index (χ3v) is 6.51. The largest absolute Gasteiger partial charge is 0.485 e. The van der Waals surface area contributed by atoms with Crippen LogP contribution < -0.4 is 0 Å². The minimum absolute atomic E-state index is 0.00566. The molecular formula is C24H27F3O2. The number of benzene rings is 2. The van der Waals surface area contributed by atoms with Gasteiger partial charge in [0.1, 0.15) is 5.82 Å². The lowest BCUT2D eigenvalue weighted by molar-refractivity contribution is -0.423. The van der Waals surface area contributed by atoms with Gasteiger partial charge in [-0.25, -0.2) is 4.39 Å². The molecule has 0 radical (unpaired) electrons. The van der Waals surface area contributed by atoms with Gasteiger partial charge in [0.25, 0.3) is 0 Å². The molecule has 2 aliphatic rings. The van der Waals surface area contributed by atoms with Gasteiger partial charge in [0.05, 0.1) is 13.2 Å². The highest BCUT2D eigenvalue weighted by Gasteiger charge is 2.41. The van der Waals surface area contributed by atoms with Gasteiger partial charge >= 0.3 is 6.29 Å². The highest BCUT2D eigenvalue weighted by molar-refractivity contribution is 5.64. The molecule has 29 heavy (non-hydrogen) atoms. The first-order valence-electron chi connectivity index (χ1n) is 10.5. The van der Waals surface area contributed by atoms with E-state index in [-0.39, 0.29) is 30.9 Å². The maximum atomic E-state index is 14.9. The first kappa shape index (κ1) is 20.4. The molecule has 0 unspecified atom stereocenters. The summed E-state index contributed by atoms with van der Waals surface area (Å²) < 4.78 is 49.9. The summed E-state index contributed by atoms with van der Waals surface area (Å²) in [6.45, 7) is 2.17. The van der Waals surface area contributed by atoms with Crippen molar-refractivity contribution >= 4 is 0 Å². The van der Waals surface area contributed by atoms with Crippen LogP contribution in [0.15, 0.2) is 42.5 Å². The average Bonchev–Trinajstić information content (AvgIpc) is 2.74. The molecule has 1 saturated carbocycles. The van der Waals surface area contributed by atoms with Crippen molar-refractivity contribution in [3.05, 3.63) is 59.4 Å². The third-order valence-electron chi connectivity index (χ3n) is 6.51. The smallest absolute Gasteiger partial charge is 0.295 e. The SMILES string of the molecule is CCc1ccc(-c2ccc(C3CCC(C4COC(F)(F)OC4)CC3)c(F)c2)cc1. The van der Waals surface area contributed by atoms with E-state index < -0.39 is 6.29 Å². The zero-order valence-electron chi connectivity index (χ0n) is 16.7. The molecule has 0 aromatic heterocycles. The Kier molecular flexibility index (Phi) is 5.98. The number of hydrogen-bond acceptors (Lipinski definition) is 2. The van der Waals surface area contributed by atoms with Gasteiger partial charge < -0.3 is 0 Å². The van der Waals surface area contributed by atoms with Crippen LogP contribution in [0, 0.1) is 17.7 Å². The van der Waals surface area contributed by atoms with Crippen LogP contribution in [0.5, 0.6) is 0 Å². The average molecular weight is 404 g/mol. The maximum Gasteiger partial charge on any atom is 0.485 e. The van der Waals surface area contributed by atoms with E-state index in [2.05, 4.69) is 28.5 Å². The van der Waals surface area contributed by atoms with Crippen molar-refractivity contribution in [2.75, 3.05) is 13.2 Å². The molecule has 1 saturated heterocycles. The fourth-order valence-corrected chi connectivity index (χ4v) is 4.64. The van der Waals surface area contributed by atoms with Crippen LogP contribution in [0.4, 0.5) is 13.2 Å². The number of rotatable bonds is 4. The summed E-state index contributed by atoms with van der Waals surface area (Å²) in [5, 5.41) is 0. The Hall–Kier alpha value is -1.85. The molecule has 2 nitrogen and oxygen atoms in total. The fourth-order valence-electron chi connectivity index (χ4n) is 4.64. The molecule has 4 rings (SSSR count). The van der Waals surface area contributed by atoms with Gasteiger partial charge in [-0.05, 0) is 72.3 Å². The molecule has 2 fully saturated rings. The van der Waals surface area contributed by atoms with Crippen LogP contribution in [-0.2, 0) is 15.9 Å². The van der Waals surface area contributed by atoms with E-state index in [1.54, 1.807) is 6.07 Å². The molecule has 5 heteroatoms. The standard InChI is InChI=1S/C24H27F3O2/c1-2-16-3-5-17(6-4-16)20-11-12-22(23(25)13-20)19-9-7-18(8-10-19)21-14-28-24(26,27)29-15-21/h3-6,11-13,18-19,21H,2,7-10,14-15H2,1H3. The third kappa shape index (κ3) is 4.67. The summed E-state index contributed by atoms with van der Waals surface area (Å²) >= 11 is 0. The molecule has 1 aliphatic heterocycles. The Labute approximate surface area is 170 Å². The van der Waals surface area contributed by atoms with Gasteiger partial charge in [0.2, 0.25) is 0 Å². The lowest BCUT2D eigenvalue weighted by atomic mass is 9.74. The van der Waals surface area contributed by atoms with Gasteiger partial charge in [-0.15, -0.1) is 8.78 Å². The van der Waals surface area contributed by atoms with Crippen LogP contribution in [0.3, 0.4) is 0 Å². The first-order chi connectivity index (χ1) is 13.9. The van der Waals surface area contributed by atoms with Crippen molar-refractivity contribution in [2.45, 2.75) is 51.2 Å². The Morgan fingerprint density at radius 2 is 1.48 bits per heavy atom. The van der Waals surface area contributed by atoms with Crippen LogP contribution in [0.1, 0.15) is 49.7 Å². The second-order valence-corrected chi connectivity index (χ2v) is 8.24. The number of ether oxygens (including phenoxy) is 2. The van der Waals surface area contributed by atoms with Crippen molar-refractivity contribution in [1.82, 2.24) is 0 Å². The van der Waals surface area contributed by atoms with E-state index in [0.29, 0.717) is 5.92 Å². The lowest BCUT2D eigenvalue weighted by Crippen LogP contribution is -2.40. The topological polar surface area (TPSA) is 18.5 Å². The Morgan fingerprint density at radius 3 is 2.07 bits per heavy atom. The van der Waals surface area contributed by atoms with Crippen molar-refractivity contribution in [2.24, 2.45) is 11.8 Å². The van der Waals surface area contributed by atoms with Crippen molar-refractivity contribution < 1.29 is 22.6 Å². The number of halogens is 3. The second kappa shape index (κ2) is 8.49. The van der Waals surface area contributed by atoms with Crippen LogP contribution in [0.25, 0.3) is 11.1 Å². The van der Waals surface area contributed by atoms with E-state index in [1.165, 1.54) is 5.56 Å². The van der Waals surface area contributed by atoms with Gasteiger partial charge in [-0.3, -0.25) is 9.47 Å². The van der Waals surface area contributed by atoms with Crippen molar-refractivity contribution in [1.29, 1.82) is 0 Å². The van der Waals surface area contributed by atoms with Crippen molar-refractivity contribution in [3.8, 4) is 11.1 Å². The van der Waals surface area contributed by atoms with Gasteiger partial charge in [-0.1, -0.05) is 43.3 Å². The molecule has 1 heterocycles. The molecule has 0 atom stereocenters. The molecule has 156 valence electrons. The number of aryl methyl sites for hydroxylation is 1. The molecule has 0 N–H and O–H groups in total. The Bertz CT molecular complexity index is 817. The molecular weight excluding hydrogens is 377 g/mol. The van der Waals surface area contributed by atoms with Crippen molar-refractivity contribution in [3.63, 3.8) is 0 Å². The molecule has 0 amide bonds. The predicted molar refractivity (Wildman–Crippen MR) is 106 cm³/mol. The van der Waals surface area contributed by atoms with E-state index in [1.807, 2.05) is 24.3 Å². The first-order valence-corrected chi connectivity index (χ1v) is 10.5. The van der Waals surface area contributed by atoms with E-state index in [4.69, 9.17) is 0 Å². The quantitative estimate of drug-likeness (QED) is 0.576. The molecule has 1 aliphatic carbocycles. The predicted octanol–water partition coefficient (Wildman–Crippen LogP) is 6.54. The molecule has 2 aromatic carbocycles. The summed E-state index contributed by atoms with van der Waals surface area (Å²) in [4.78, 5) is 0. The van der Waals surface area contributed by atoms with E-state index in [0.717, 1.165) is 48.8 Å². The van der Waals surface area contributed by atoms with Gasteiger partial charge in [-0.2, -0.15) is 0 Å². The summed E-state index contributed by atoms with van der Waals surface area (Å²) in [5.41, 5.74) is 3.94. The zero-order valence-corrected chi connectivity index (χ0v) is 16.7. The highest BCUT2D eigenvalue weighted by atomic mass is 19.3. The van der Waals surface area contributed by atoms with E-state index in [9.17, 15) is 13.2 Å². The van der Waals surface area contributed by atoms with Gasteiger partial charge in [0.15, 0.2) is 0 Å². The molecule has 0 spiro atoms. The Morgan fingerprint density at radius 1 is 0.862 bits per heavy atom. The number of alkyl halides is 2. The lowest BCUT2D eigenvalue weighted by Gasteiger charge is -2.37. The fraction of sp³-hybridized carbons (Fsp3) is 0.500. The van der Waals surface area contributed by atoms with Gasteiger partial charge in [0, 0.05) is 5.92 Å². The summed E-state index contributed by atoms with van der Waals surface area (Å²) in [6, 6.07) is 13.8. The van der Waals surface area contributed by atoms with Crippen LogP contribution in [0.2, 0.25) is 0 Å². The van der Waals surface area contributed by atoms with Crippen LogP contribution in [-0.4, -0.2) is 19.5 Å². The minimum Gasteiger partial charge on any atom is -0.295 e. The second-order valence-electron chi connectivity index (χ2n) is 8.24. The monoisotopic (exact) mass is 404 g/mol. The summed E-state index contributed by atoms with van der Waals surface area (Å²) in [5.74, 6) is 0.305. The highest BCUT2D eigenvalue weighted by Crippen LogP contribution is 2.42. The maximum absolute atomic E-state index is 14.9. The minimum atomic E-state index is -3.45. The summed E-state index contributed by atoms with van der Waals surface area (Å²) in [6.07, 6.45) is 1.02. The van der Waals surface area contributed by atoms with Crippen LogP contribution >= 0.6 is 0 Å². The summed E-state index contributed by atoms with van der Waals surface area (Å²) in [7, 11) is 0. The number of hydrogen-bond donors (Lipinski definition) is 0. The molecule has 2 aromatic rings. The normalized spacial score (nSPS) is 25.1. The zero-order chi connectivity index (χ0) is 20.4.